The Bertz CT molecular complexity index is 1200. The van der Waals surface area contributed by atoms with Gasteiger partial charge in [0.05, 0.1) is 6.42 Å². The average Bonchev–Trinajstić information content (AvgIpc) is 3.10. The summed E-state index contributed by atoms with van der Waals surface area (Å²) in [4.78, 5) is 36.6. The molecule has 3 aromatic carbocycles. The number of hydrogen-bond acceptors (Lipinski definition) is 4. The molecule has 3 N–H and O–H groups in total. The Morgan fingerprint density at radius 1 is 0.912 bits per heavy atom. The summed E-state index contributed by atoms with van der Waals surface area (Å²) in [5, 5.41) is 14.3. The molecule has 0 aromatic heterocycles. The number of carboxylic acids is 1. The van der Waals surface area contributed by atoms with Gasteiger partial charge in [0.15, 0.2) is 0 Å². The smallest absolute Gasteiger partial charge is 0.407 e. The van der Waals surface area contributed by atoms with Gasteiger partial charge in [-0.2, -0.15) is 0 Å². The fourth-order valence-corrected chi connectivity index (χ4v) is 5.96. The fourth-order valence-electron chi connectivity index (χ4n) is 4.02. The van der Waals surface area contributed by atoms with E-state index in [2.05, 4.69) is 55.8 Å². The number of rotatable bonds is 7. The summed E-state index contributed by atoms with van der Waals surface area (Å²) in [7, 11) is 0. The number of alkyl carbamates (subject to hydrolysis) is 1. The highest BCUT2D eigenvalue weighted by atomic mass is 127. The zero-order valence-electron chi connectivity index (χ0n) is 17.8. The van der Waals surface area contributed by atoms with Crippen LogP contribution in [-0.4, -0.2) is 35.7 Å². The zero-order valence-corrected chi connectivity index (χ0v) is 22.1. The minimum Gasteiger partial charge on any atom is -0.481 e. The lowest BCUT2D eigenvalue weighted by molar-refractivity contribution is -0.139. The van der Waals surface area contributed by atoms with E-state index in [1.807, 2.05) is 54.6 Å². The van der Waals surface area contributed by atoms with Gasteiger partial charge in [0, 0.05) is 18.7 Å². The lowest BCUT2D eigenvalue weighted by Crippen LogP contribution is -2.45. The first-order valence-electron chi connectivity index (χ1n) is 10.4. The summed E-state index contributed by atoms with van der Waals surface area (Å²) in [6.07, 6.45) is -1.42. The van der Waals surface area contributed by atoms with Gasteiger partial charge in [0.2, 0.25) is 5.91 Å². The second-order valence-electron chi connectivity index (χ2n) is 7.77. The molecule has 3 aromatic rings. The number of anilines is 1. The van der Waals surface area contributed by atoms with Crippen LogP contribution in [0, 0.1) is 7.14 Å². The van der Waals surface area contributed by atoms with E-state index in [0.29, 0.717) is 5.69 Å². The van der Waals surface area contributed by atoms with E-state index in [-0.39, 0.29) is 12.5 Å². The molecule has 0 radical (unpaired) electrons. The maximum atomic E-state index is 12.7. The molecule has 34 heavy (non-hydrogen) atoms. The minimum absolute atomic E-state index is 0.0658. The summed E-state index contributed by atoms with van der Waals surface area (Å²) >= 11 is 4.25. The van der Waals surface area contributed by atoms with Crippen LogP contribution >= 0.6 is 45.2 Å². The Labute approximate surface area is 223 Å². The topological polar surface area (TPSA) is 105 Å². The Morgan fingerprint density at radius 2 is 1.47 bits per heavy atom. The molecule has 1 aliphatic rings. The Kier molecular flexibility index (Phi) is 7.71. The van der Waals surface area contributed by atoms with E-state index >= 15 is 0 Å². The van der Waals surface area contributed by atoms with Gasteiger partial charge in [-0.25, -0.2) is 4.79 Å². The molecule has 0 bridgehead atoms. The lowest BCUT2D eigenvalue weighted by Gasteiger charge is -2.19. The maximum absolute atomic E-state index is 12.7. The van der Waals surface area contributed by atoms with Gasteiger partial charge in [-0.05, 0) is 85.6 Å². The molecule has 0 saturated carbocycles. The first-order chi connectivity index (χ1) is 16.3. The molecule has 2 amide bonds. The molecule has 4 rings (SSSR count). The molecule has 0 fully saturated rings. The SMILES string of the molecule is O=C(O)CC(NC(=O)OCC1c2ccccc2-c2ccccc21)C(=O)Nc1cc(I)cc(I)c1. The van der Waals surface area contributed by atoms with Gasteiger partial charge in [0.1, 0.15) is 12.6 Å². The van der Waals surface area contributed by atoms with Gasteiger partial charge in [-0.3, -0.25) is 9.59 Å². The fraction of sp³-hybridized carbons (Fsp3) is 0.160. The summed E-state index contributed by atoms with van der Waals surface area (Å²) in [6.45, 7) is 0.0658. The van der Waals surface area contributed by atoms with E-state index in [1.165, 1.54) is 0 Å². The predicted octanol–water partition coefficient (Wildman–Crippen LogP) is 5.22. The molecule has 0 spiro atoms. The number of carboxylic acid groups (broad SMARTS) is 1. The standard InChI is InChI=1S/C25H20I2N2O5/c26-14-9-15(27)11-16(10-14)28-24(32)22(12-23(30)31)29-25(33)34-13-21-19-7-3-1-5-17(19)18-6-2-4-8-20(18)21/h1-11,21-22H,12-13H2,(H,28,32)(H,29,33)(H,30,31). The Balaban J connectivity index is 1.43. The van der Waals surface area contributed by atoms with Crippen LogP contribution in [0.5, 0.6) is 0 Å². The van der Waals surface area contributed by atoms with Crippen molar-refractivity contribution in [3.63, 3.8) is 0 Å². The first-order valence-corrected chi connectivity index (χ1v) is 12.6. The second-order valence-corrected chi connectivity index (χ2v) is 10.3. The molecular formula is C25H20I2N2O5. The largest absolute Gasteiger partial charge is 0.481 e. The number of fused-ring (bicyclic) bond motifs is 3. The monoisotopic (exact) mass is 682 g/mol. The molecule has 0 heterocycles. The number of carbonyl (C=O) groups is 3. The van der Waals surface area contributed by atoms with Crippen LogP contribution in [0.15, 0.2) is 66.7 Å². The summed E-state index contributed by atoms with van der Waals surface area (Å²) in [5.74, 6) is -1.98. The third-order valence-corrected chi connectivity index (χ3v) is 6.71. The van der Waals surface area contributed by atoms with Crippen molar-refractivity contribution in [3.05, 3.63) is 85.0 Å². The van der Waals surface area contributed by atoms with Crippen molar-refractivity contribution in [3.8, 4) is 11.1 Å². The van der Waals surface area contributed by atoms with Crippen LogP contribution in [-0.2, 0) is 14.3 Å². The average molecular weight is 682 g/mol. The van der Waals surface area contributed by atoms with E-state index in [9.17, 15) is 19.5 Å². The van der Waals surface area contributed by atoms with Crippen molar-refractivity contribution in [2.24, 2.45) is 0 Å². The highest BCUT2D eigenvalue weighted by Crippen LogP contribution is 2.44. The Hall–Kier alpha value is -2.67. The van der Waals surface area contributed by atoms with Gasteiger partial charge < -0.3 is 20.5 Å². The quantitative estimate of drug-likeness (QED) is 0.297. The minimum atomic E-state index is -1.29. The zero-order chi connectivity index (χ0) is 24.2. The van der Waals surface area contributed by atoms with Crippen molar-refractivity contribution < 1.29 is 24.2 Å². The molecule has 1 atom stereocenters. The third kappa shape index (κ3) is 5.69. The van der Waals surface area contributed by atoms with E-state index in [0.717, 1.165) is 29.4 Å². The molecule has 174 valence electrons. The maximum Gasteiger partial charge on any atom is 0.407 e. The van der Waals surface area contributed by atoms with Crippen LogP contribution in [0.25, 0.3) is 11.1 Å². The number of amides is 2. The van der Waals surface area contributed by atoms with Crippen molar-refractivity contribution in [2.75, 3.05) is 11.9 Å². The van der Waals surface area contributed by atoms with Gasteiger partial charge in [-0.1, -0.05) is 48.5 Å². The molecule has 7 nitrogen and oxygen atoms in total. The number of halogens is 2. The third-order valence-electron chi connectivity index (χ3n) is 5.46. The second kappa shape index (κ2) is 10.7. The number of aliphatic carboxylic acids is 1. The van der Waals surface area contributed by atoms with Crippen molar-refractivity contribution in [2.45, 2.75) is 18.4 Å². The highest BCUT2D eigenvalue weighted by molar-refractivity contribution is 14.1. The summed E-state index contributed by atoms with van der Waals surface area (Å²) in [6, 6.07) is 20.1. The van der Waals surface area contributed by atoms with Crippen LogP contribution in [0.2, 0.25) is 0 Å². The number of carbonyl (C=O) groups excluding carboxylic acids is 2. The predicted molar refractivity (Wildman–Crippen MR) is 145 cm³/mol. The Morgan fingerprint density at radius 3 is 2.03 bits per heavy atom. The summed E-state index contributed by atoms with van der Waals surface area (Å²) in [5.41, 5.74) is 4.84. The lowest BCUT2D eigenvalue weighted by atomic mass is 9.98. The van der Waals surface area contributed by atoms with Crippen LogP contribution in [0.1, 0.15) is 23.5 Å². The van der Waals surface area contributed by atoms with Crippen LogP contribution in [0.3, 0.4) is 0 Å². The van der Waals surface area contributed by atoms with Crippen LogP contribution in [0.4, 0.5) is 10.5 Å². The first kappa shape index (κ1) is 24.5. The molecule has 1 aliphatic carbocycles. The number of nitrogens with one attached hydrogen (secondary N) is 2. The van der Waals surface area contributed by atoms with Crippen LogP contribution < -0.4 is 10.6 Å². The molecule has 0 aliphatic heterocycles. The normalized spacial score (nSPS) is 12.9. The van der Waals surface area contributed by atoms with Crippen molar-refractivity contribution >= 4 is 68.8 Å². The van der Waals surface area contributed by atoms with E-state index in [4.69, 9.17) is 4.74 Å². The van der Waals surface area contributed by atoms with Crippen molar-refractivity contribution in [1.82, 2.24) is 5.32 Å². The van der Waals surface area contributed by atoms with Crippen molar-refractivity contribution in [1.29, 1.82) is 0 Å². The molecule has 1 unspecified atom stereocenters. The molecular weight excluding hydrogens is 662 g/mol. The highest BCUT2D eigenvalue weighted by Gasteiger charge is 2.30. The van der Waals surface area contributed by atoms with Gasteiger partial charge in [0.25, 0.3) is 0 Å². The van der Waals surface area contributed by atoms with Gasteiger partial charge >= 0.3 is 12.1 Å². The number of benzene rings is 3. The number of hydrogen-bond donors (Lipinski definition) is 3. The van der Waals surface area contributed by atoms with E-state index < -0.39 is 30.4 Å². The number of ether oxygens (including phenoxy) is 1. The van der Waals surface area contributed by atoms with Gasteiger partial charge in [-0.15, -0.1) is 0 Å². The molecule has 0 saturated heterocycles. The van der Waals surface area contributed by atoms with E-state index in [1.54, 1.807) is 12.1 Å². The molecule has 9 heteroatoms. The summed E-state index contributed by atoms with van der Waals surface area (Å²) < 4.78 is 7.30.